The highest BCUT2D eigenvalue weighted by atomic mass is 32.2. The van der Waals surface area contributed by atoms with Gasteiger partial charge in [0.1, 0.15) is 5.75 Å². The molecule has 8 nitrogen and oxygen atoms in total. The molecular weight excluding hydrogens is 406 g/mol. The fourth-order valence-corrected chi connectivity index (χ4v) is 4.32. The summed E-state index contributed by atoms with van der Waals surface area (Å²) < 4.78 is 16.0. The minimum Gasteiger partial charge on any atom is -0.497 e. The molecule has 1 aromatic rings. The van der Waals surface area contributed by atoms with E-state index in [2.05, 4.69) is 10.2 Å². The number of benzene rings is 1. The van der Waals surface area contributed by atoms with Crippen LogP contribution in [-0.4, -0.2) is 99.4 Å². The predicted molar refractivity (Wildman–Crippen MR) is 116 cm³/mol. The first-order chi connectivity index (χ1) is 14.7. The van der Waals surface area contributed by atoms with Gasteiger partial charge in [-0.25, -0.2) is 0 Å². The molecule has 9 heteroatoms. The number of morpholine rings is 2. The van der Waals surface area contributed by atoms with Crippen LogP contribution in [0, 0.1) is 0 Å². The molecule has 1 unspecified atom stereocenters. The van der Waals surface area contributed by atoms with E-state index in [1.807, 2.05) is 24.3 Å². The first-order valence-corrected chi connectivity index (χ1v) is 11.5. The number of hydrogen-bond acceptors (Lipinski definition) is 7. The first kappa shape index (κ1) is 22.9. The molecule has 30 heavy (non-hydrogen) atoms. The second-order valence-electron chi connectivity index (χ2n) is 7.23. The number of ether oxygens (including phenoxy) is 3. The largest absolute Gasteiger partial charge is 0.497 e. The lowest BCUT2D eigenvalue weighted by atomic mass is 10.0. The molecule has 1 aromatic carbocycles. The second kappa shape index (κ2) is 12.1. The van der Waals surface area contributed by atoms with Crippen LogP contribution < -0.4 is 10.1 Å². The molecule has 2 saturated heterocycles. The molecule has 2 fully saturated rings. The molecule has 0 aromatic heterocycles. The molecule has 1 N–H and O–H groups in total. The second-order valence-corrected chi connectivity index (χ2v) is 8.21. The number of methoxy groups -OCH3 is 1. The lowest BCUT2D eigenvalue weighted by Gasteiger charge is -2.35. The van der Waals surface area contributed by atoms with Crippen molar-refractivity contribution in [3.05, 3.63) is 29.8 Å². The van der Waals surface area contributed by atoms with E-state index in [1.165, 1.54) is 11.8 Å². The maximum atomic E-state index is 12.4. The van der Waals surface area contributed by atoms with E-state index in [0.29, 0.717) is 51.8 Å². The van der Waals surface area contributed by atoms with E-state index in [4.69, 9.17) is 14.2 Å². The Morgan fingerprint density at radius 1 is 1.03 bits per heavy atom. The van der Waals surface area contributed by atoms with Crippen molar-refractivity contribution in [2.24, 2.45) is 0 Å². The molecule has 0 aliphatic carbocycles. The van der Waals surface area contributed by atoms with E-state index < -0.39 is 0 Å². The van der Waals surface area contributed by atoms with Crippen molar-refractivity contribution in [2.45, 2.75) is 6.04 Å². The van der Waals surface area contributed by atoms with Crippen LogP contribution in [-0.2, 0) is 19.1 Å². The van der Waals surface area contributed by atoms with Crippen molar-refractivity contribution in [2.75, 3.05) is 77.8 Å². The third-order valence-corrected chi connectivity index (χ3v) is 6.22. The van der Waals surface area contributed by atoms with Gasteiger partial charge in [-0.2, -0.15) is 0 Å². The molecule has 0 spiro atoms. The van der Waals surface area contributed by atoms with E-state index in [9.17, 15) is 9.59 Å². The zero-order valence-electron chi connectivity index (χ0n) is 17.5. The normalized spacial score (nSPS) is 18.6. The zero-order valence-corrected chi connectivity index (χ0v) is 18.3. The summed E-state index contributed by atoms with van der Waals surface area (Å²) in [4.78, 5) is 28.7. The molecule has 0 bridgehead atoms. The zero-order chi connectivity index (χ0) is 21.2. The van der Waals surface area contributed by atoms with Crippen LogP contribution in [0.2, 0.25) is 0 Å². The lowest BCUT2D eigenvalue weighted by molar-refractivity contribution is -0.132. The summed E-state index contributed by atoms with van der Waals surface area (Å²) in [5.41, 5.74) is 1.13. The SMILES string of the molecule is COc1ccc(C(CNC(=O)CSCC(=O)N2CCOCC2)N2CCOCC2)cc1. The minimum atomic E-state index is -0.0541. The van der Waals surface area contributed by atoms with Crippen molar-refractivity contribution in [3.63, 3.8) is 0 Å². The van der Waals surface area contributed by atoms with Gasteiger partial charge in [-0.3, -0.25) is 14.5 Å². The van der Waals surface area contributed by atoms with Crippen molar-refractivity contribution in [1.29, 1.82) is 0 Å². The Balaban J connectivity index is 1.47. The Kier molecular flexibility index (Phi) is 9.26. The van der Waals surface area contributed by atoms with Gasteiger partial charge in [0.2, 0.25) is 11.8 Å². The summed E-state index contributed by atoms with van der Waals surface area (Å²) in [6, 6.07) is 8.04. The van der Waals surface area contributed by atoms with Crippen molar-refractivity contribution in [3.8, 4) is 5.75 Å². The number of carbonyl (C=O) groups is 2. The van der Waals surface area contributed by atoms with E-state index in [0.717, 1.165) is 24.4 Å². The van der Waals surface area contributed by atoms with Gasteiger partial charge in [-0.1, -0.05) is 12.1 Å². The highest BCUT2D eigenvalue weighted by Crippen LogP contribution is 2.23. The van der Waals surface area contributed by atoms with Gasteiger partial charge < -0.3 is 24.4 Å². The topological polar surface area (TPSA) is 80.3 Å². The number of amides is 2. The molecule has 0 radical (unpaired) electrons. The third kappa shape index (κ3) is 6.87. The maximum absolute atomic E-state index is 12.4. The summed E-state index contributed by atoms with van der Waals surface area (Å²) in [6.45, 7) is 6.01. The van der Waals surface area contributed by atoms with Crippen LogP contribution in [0.4, 0.5) is 0 Å². The molecule has 2 amide bonds. The van der Waals surface area contributed by atoms with Gasteiger partial charge >= 0.3 is 0 Å². The van der Waals surface area contributed by atoms with Crippen LogP contribution in [0.3, 0.4) is 0 Å². The Hall–Kier alpha value is -1.81. The molecule has 1 atom stereocenters. The van der Waals surface area contributed by atoms with Crippen LogP contribution in [0.1, 0.15) is 11.6 Å². The fourth-order valence-electron chi connectivity index (χ4n) is 3.57. The monoisotopic (exact) mass is 437 g/mol. The summed E-state index contributed by atoms with van der Waals surface area (Å²) in [7, 11) is 1.65. The van der Waals surface area contributed by atoms with E-state index >= 15 is 0 Å². The molecule has 2 aliphatic heterocycles. The highest BCUT2D eigenvalue weighted by molar-refractivity contribution is 8.00. The molecule has 166 valence electrons. The number of thioether (sulfide) groups is 1. The lowest BCUT2D eigenvalue weighted by Crippen LogP contribution is -2.44. The average molecular weight is 438 g/mol. The van der Waals surface area contributed by atoms with Gasteiger partial charge in [0, 0.05) is 32.7 Å². The number of hydrogen-bond donors (Lipinski definition) is 1. The maximum Gasteiger partial charge on any atom is 0.232 e. The number of nitrogens with zero attached hydrogens (tertiary/aromatic N) is 2. The highest BCUT2D eigenvalue weighted by Gasteiger charge is 2.23. The smallest absolute Gasteiger partial charge is 0.232 e. The van der Waals surface area contributed by atoms with Crippen LogP contribution in [0.15, 0.2) is 24.3 Å². The summed E-state index contributed by atoms with van der Waals surface area (Å²) in [5.74, 6) is 1.42. The van der Waals surface area contributed by atoms with Gasteiger partial charge in [0.25, 0.3) is 0 Å². The number of nitrogens with one attached hydrogen (secondary N) is 1. The van der Waals surface area contributed by atoms with Crippen LogP contribution in [0.5, 0.6) is 5.75 Å². The fraction of sp³-hybridized carbons (Fsp3) is 0.619. The molecule has 2 aliphatic rings. The van der Waals surface area contributed by atoms with Gasteiger partial charge in [-0.05, 0) is 17.7 Å². The predicted octanol–water partition coefficient (Wildman–Crippen LogP) is 0.777. The average Bonchev–Trinajstić information content (AvgIpc) is 2.81. The van der Waals surface area contributed by atoms with Gasteiger partial charge in [0.15, 0.2) is 0 Å². The van der Waals surface area contributed by atoms with Crippen molar-refractivity contribution >= 4 is 23.6 Å². The third-order valence-electron chi connectivity index (χ3n) is 5.30. The summed E-state index contributed by atoms with van der Waals surface area (Å²) in [6.07, 6.45) is 0. The van der Waals surface area contributed by atoms with Crippen LogP contribution in [0.25, 0.3) is 0 Å². The number of rotatable bonds is 9. The minimum absolute atomic E-state index is 0.0541. The quantitative estimate of drug-likeness (QED) is 0.611. The Labute approximate surface area is 182 Å². The molecule has 0 saturated carbocycles. The Bertz CT molecular complexity index is 676. The van der Waals surface area contributed by atoms with Gasteiger partial charge in [-0.15, -0.1) is 11.8 Å². The van der Waals surface area contributed by atoms with Crippen molar-refractivity contribution < 1.29 is 23.8 Å². The molecule has 2 heterocycles. The Morgan fingerprint density at radius 2 is 1.67 bits per heavy atom. The summed E-state index contributed by atoms with van der Waals surface area (Å²) in [5, 5.41) is 3.04. The van der Waals surface area contributed by atoms with Gasteiger partial charge in [0.05, 0.1) is 51.1 Å². The van der Waals surface area contributed by atoms with E-state index in [-0.39, 0.29) is 23.6 Å². The van der Waals surface area contributed by atoms with Crippen molar-refractivity contribution in [1.82, 2.24) is 15.1 Å². The first-order valence-electron chi connectivity index (χ1n) is 10.3. The molecular formula is C21H31N3O5S. The van der Waals surface area contributed by atoms with E-state index in [1.54, 1.807) is 12.0 Å². The number of carbonyl (C=O) groups excluding carboxylic acids is 2. The molecule has 3 rings (SSSR count). The Morgan fingerprint density at radius 3 is 2.30 bits per heavy atom. The van der Waals surface area contributed by atoms with Crippen LogP contribution >= 0.6 is 11.8 Å². The summed E-state index contributed by atoms with van der Waals surface area (Å²) >= 11 is 1.36. The standard InChI is InChI=1S/C21H31N3O5S/c1-27-18-4-2-17(3-5-18)19(23-6-10-28-11-7-23)14-22-20(25)15-30-16-21(26)24-8-12-29-13-9-24/h2-5,19H,6-16H2,1H3,(H,22,25).